The molecule has 1 aromatic rings. The molecule has 0 aromatic heterocycles. The van der Waals surface area contributed by atoms with Crippen LogP contribution in [0.3, 0.4) is 0 Å². The Bertz CT molecular complexity index is 1240. The molecule has 2 aliphatic carbocycles. The Morgan fingerprint density at radius 1 is 1.04 bits per heavy atom. The van der Waals surface area contributed by atoms with Crippen molar-refractivity contribution in [3.8, 4) is 0 Å². The topological polar surface area (TPSA) is 120 Å². The number of hydrogen-bond donors (Lipinski definition) is 3. The van der Waals surface area contributed by atoms with Gasteiger partial charge in [-0.3, -0.25) is 24.1 Å². The molecule has 1 saturated carbocycles. The summed E-state index contributed by atoms with van der Waals surface area (Å²) in [5, 5.41) is 8.85. The number of benzene rings is 1. The maximum Gasteiger partial charge on any atom is 0.302 e. The van der Waals surface area contributed by atoms with Crippen molar-refractivity contribution in [2.24, 2.45) is 5.92 Å². The molecule has 2 heterocycles. The third kappa shape index (κ3) is 8.25. The molecule has 1 aromatic carbocycles. The van der Waals surface area contributed by atoms with E-state index in [0.717, 1.165) is 43.2 Å². The van der Waals surface area contributed by atoms with E-state index in [9.17, 15) is 28.0 Å². The largest absolute Gasteiger partial charge is 0.460 e. The number of carbonyl (C=O) groups is 4. The van der Waals surface area contributed by atoms with E-state index in [0.29, 0.717) is 6.42 Å². The summed E-state index contributed by atoms with van der Waals surface area (Å²) < 4.78 is 34.7. The Morgan fingerprint density at radius 2 is 1.73 bits per heavy atom. The number of fused-ring (bicyclic) bond motifs is 2. The zero-order valence-corrected chi connectivity index (χ0v) is 27.6. The van der Waals surface area contributed by atoms with Gasteiger partial charge in [-0.25, -0.2) is 8.78 Å². The van der Waals surface area contributed by atoms with Crippen LogP contribution in [0, 0.1) is 5.92 Å². The molecule has 6 atom stereocenters. The Balaban J connectivity index is 0.00000276. The molecule has 2 saturated heterocycles. The highest BCUT2D eigenvalue weighted by molar-refractivity contribution is 5.94. The number of carbonyl (C=O) groups excluding carboxylic acids is 4. The van der Waals surface area contributed by atoms with Crippen LogP contribution in [0.2, 0.25) is 0 Å². The van der Waals surface area contributed by atoms with E-state index in [1.807, 2.05) is 24.3 Å². The van der Waals surface area contributed by atoms with Crippen LogP contribution >= 0.6 is 24.8 Å². The molecule has 0 bridgehead atoms. The summed E-state index contributed by atoms with van der Waals surface area (Å²) in [4.78, 5) is 56.4. The lowest BCUT2D eigenvalue weighted by atomic mass is 9.82. The van der Waals surface area contributed by atoms with Crippen molar-refractivity contribution in [1.29, 1.82) is 0 Å². The number of halogens is 4. The number of nitrogens with one attached hydrogen (secondary N) is 3. The van der Waals surface area contributed by atoms with E-state index in [1.165, 1.54) is 11.8 Å². The average molecular weight is 677 g/mol. The van der Waals surface area contributed by atoms with Crippen molar-refractivity contribution in [2.75, 3.05) is 26.7 Å². The molecule has 3 fully saturated rings. The number of rotatable bonds is 8. The zero-order chi connectivity index (χ0) is 30.9. The van der Waals surface area contributed by atoms with Crippen LogP contribution in [-0.4, -0.2) is 96.4 Å². The van der Waals surface area contributed by atoms with Crippen LogP contribution in [0.4, 0.5) is 8.78 Å². The van der Waals surface area contributed by atoms with Crippen molar-refractivity contribution in [1.82, 2.24) is 25.8 Å². The van der Waals surface area contributed by atoms with Crippen molar-refractivity contribution in [2.45, 2.75) is 101 Å². The van der Waals surface area contributed by atoms with Crippen molar-refractivity contribution in [3.63, 3.8) is 0 Å². The second-order valence-corrected chi connectivity index (χ2v) is 12.6. The summed E-state index contributed by atoms with van der Waals surface area (Å²) >= 11 is 0. The van der Waals surface area contributed by atoms with Crippen molar-refractivity contribution in [3.05, 3.63) is 35.4 Å². The molecular weight excluding hydrogens is 631 g/mol. The van der Waals surface area contributed by atoms with Gasteiger partial charge < -0.3 is 25.6 Å². The van der Waals surface area contributed by atoms with Gasteiger partial charge in [0.15, 0.2) is 0 Å². The Morgan fingerprint density at radius 3 is 2.40 bits per heavy atom. The molecule has 10 nitrogen and oxygen atoms in total. The second kappa shape index (κ2) is 15.4. The fraction of sp³-hybridized carbons (Fsp3) is 0.677. The van der Waals surface area contributed by atoms with Gasteiger partial charge in [0.2, 0.25) is 17.7 Å². The van der Waals surface area contributed by atoms with Gasteiger partial charge in [0.05, 0.1) is 18.6 Å². The first-order valence-corrected chi connectivity index (χ1v) is 15.4. The third-order valence-corrected chi connectivity index (χ3v) is 9.57. The standard InChI is InChI=1S/C31H43F2N5O5.2ClH/c1-18(34-3)28(40)35-26(20-9-5-4-6-10-20)30(42)38-15-22-14-31(32,33)17-37(22)16-24(38)29(41)36-27-23-12-8-7-11-21(23)13-25(27)43-19(2)39;;/h7-8,11-12,18,20,22,24-27,34H,4-6,9-10,13-17H2,1-3H3,(H,35,40)(H,36,41);2*1H/t18-,22+,24-,25-,26-,27-;;/m0../s1. The predicted molar refractivity (Wildman–Crippen MR) is 169 cm³/mol. The van der Waals surface area contributed by atoms with Crippen LogP contribution < -0.4 is 16.0 Å². The minimum absolute atomic E-state index is 0. The van der Waals surface area contributed by atoms with E-state index in [-0.39, 0.29) is 49.7 Å². The molecule has 3 amide bonds. The lowest BCUT2D eigenvalue weighted by Gasteiger charge is -2.45. The normalized spacial score (nSPS) is 27.1. The van der Waals surface area contributed by atoms with Crippen LogP contribution in [0.25, 0.3) is 0 Å². The molecular formula is C31H45Cl2F2N5O5. The van der Waals surface area contributed by atoms with E-state index < -0.39 is 73.0 Å². The molecule has 0 spiro atoms. The van der Waals surface area contributed by atoms with Gasteiger partial charge in [0.25, 0.3) is 5.92 Å². The number of ether oxygens (including phenoxy) is 1. The molecule has 5 rings (SSSR count). The molecule has 0 unspecified atom stereocenters. The summed E-state index contributed by atoms with van der Waals surface area (Å²) in [7, 11) is 1.66. The maximum atomic E-state index is 14.6. The minimum Gasteiger partial charge on any atom is -0.460 e. The quantitative estimate of drug-likeness (QED) is 0.363. The van der Waals surface area contributed by atoms with Gasteiger partial charge in [-0.15, -0.1) is 24.8 Å². The van der Waals surface area contributed by atoms with Gasteiger partial charge >= 0.3 is 5.97 Å². The van der Waals surface area contributed by atoms with Gasteiger partial charge in [-0.05, 0) is 43.9 Å². The predicted octanol–water partition coefficient (Wildman–Crippen LogP) is 2.77. The number of esters is 1. The monoisotopic (exact) mass is 675 g/mol. The van der Waals surface area contributed by atoms with E-state index in [1.54, 1.807) is 18.9 Å². The highest BCUT2D eigenvalue weighted by atomic mass is 35.5. The summed E-state index contributed by atoms with van der Waals surface area (Å²) in [6, 6.07) is 3.78. The second-order valence-electron chi connectivity index (χ2n) is 12.6. The summed E-state index contributed by atoms with van der Waals surface area (Å²) in [6.45, 7) is 2.44. The molecule has 3 N–H and O–H groups in total. The van der Waals surface area contributed by atoms with E-state index in [4.69, 9.17) is 4.74 Å². The van der Waals surface area contributed by atoms with Crippen LogP contribution in [-0.2, 0) is 30.3 Å². The smallest absolute Gasteiger partial charge is 0.302 e. The van der Waals surface area contributed by atoms with Crippen molar-refractivity contribution >= 4 is 48.5 Å². The van der Waals surface area contributed by atoms with Crippen LogP contribution in [0.1, 0.15) is 69.5 Å². The number of hydrogen-bond acceptors (Lipinski definition) is 7. The maximum absolute atomic E-state index is 14.6. The van der Waals surface area contributed by atoms with Crippen LogP contribution in [0.5, 0.6) is 0 Å². The highest BCUT2D eigenvalue weighted by Crippen LogP contribution is 2.38. The minimum atomic E-state index is -2.92. The SMILES string of the molecule is CN[C@@H](C)C(=O)N[C@H](C(=O)N1C[C@H]2CC(F)(F)CN2C[C@H]1C(=O)N[C@H]1c2ccccc2C[C@@H]1OC(C)=O)C1CCCCC1.Cl.Cl. The van der Waals surface area contributed by atoms with Gasteiger partial charge in [-0.1, -0.05) is 43.5 Å². The summed E-state index contributed by atoms with van der Waals surface area (Å²) in [5.74, 6) is -4.76. The number of alkyl halides is 2. The van der Waals surface area contributed by atoms with Gasteiger partial charge in [-0.2, -0.15) is 0 Å². The molecule has 2 aliphatic heterocycles. The highest BCUT2D eigenvalue weighted by Gasteiger charge is 2.52. The number of amides is 3. The molecule has 14 heteroatoms. The molecule has 252 valence electrons. The Hall–Kier alpha value is -2.54. The van der Waals surface area contributed by atoms with E-state index >= 15 is 0 Å². The summed E-state index contributed by atoms with van der Waals surface area (Å²) in [6.07, 6.45) is 3.81. The fourth-order valence-corrected chi connectivity index (χ4v) is 7.24. The van der Waals surface area contributed by atoms with Crippen LogP contribution in [0.15, 0.2) is 24.3 Å². The molecule has 0 radical (unpaired) electrons. The number of piperazine rings is 1. The zero-order valence-electron chi connectivity index (χ0n) is 25.9. The Labute approximate surface area is 275 Å². The lowest BCUT2D eigenvalue weighted by molar-refractivity contribution is -0.151. The summed E-state index contributed by atoms with van der Waals surface area (Å²) in [5.41, 5.74) is 1.75. The fourth-order valence-electron chi connectivity index (χ4n) is 7.24. The first kappa shape index (κ1) is 36.9. The van der Waals surface area contributed by atoms with Crippen molar-refractivity contribution < 1.29 is 32.7 Å². The first-order chi connectivity index (χ1) is 20.5. The third-order valence-electron chi connectivity index (χ3n) is 9.57. The average Bonchev–Trinajstić information content (AvgIpc) is 3.48. The molecule has 4 aliphatic rings. The first-order valence-electron chi connectivity index (χ1n) is 15.4. The lowest BCUT2D eigenvalue weighted by Crippen LogP contribution is -2.66. The Kier molecular flexibility index (Phi) is 12.6. The number of likely N-dealkylation sites (N-methyl/N-ethyl adjacent to an activating group) is 1. The van der Waals surface area contributed by atoms with Gasteiger partial charge in [0, 0.05) is 38.9 Å². The molecule has 45 heavy (non-hydrogen) atoms. The van der Waals surface area contributed by atoms with E-state index in [2.05, 4.69) is 16.0 Å². The number of nitrogens with zero attached hydrogens (tertiary/aromatic N) is 2. The van der Waals surface area contributed by atoms with Gasteiger partial charge in [0.1, 0.15) is 18.2 Å².